The second-order valence-corrected chi connectivity index (χ2v) is 7.98. The molecule has 5 rings (SSSR count). The van der Waals surface area contributed by atoms with Crippen LogP contribution in [0, 0.1) is 18.3 Å². The van der Waals surface area contributed by atoms with Crippen molar-refractivity contribution in [1.82, 2.24) is 0 Å². The van der Waals surface area contributed by atoms with Crippen LogP contribution in [0.1, 0.15) is 37.6 Å². The van der Waals surface area contributed by atoms with Crippen molar-refractivity contribution in [3.05, 3.63) is 88.2 Å². The number of rotatable bonds is 2. The molecule has 2 heterocycles. The van der Waals surface area contributed by atoms with E-state index in [9.17, 15) is 14.9 Å². The normalized spacial score (nSPS) is 14.6. The van der Waals surface area contributed by atoms with Crippen LogP contribution in [0.25, 0.3) is 26.8 Å². The number of nitrogens with zero attached hydrogens (tertiary/aromatic N) is 1. The van der Waals surface area contributed by atoms with Crippen LogP contribution in [0.2, 0.25) is 0 Å². The van der Waals surface area contributed by atoms with Crippen molar-refractivity contribution in [3.63, 3.8) is 0 Å². The van der Waals surface area contributed by atoms with Crippen LogP contribution in [0.15, 0.2) is 64.6 Å². The Labute approximate surface area is 170 Å². The average Bonchev–Trinajstić information content (AvgIpc) is 3.36. The highest BCUT2D eigenvalue weighted by atomic mass is 32.1. The topological polar surface area (TPSA) is 71.1 Å². The number of allylic oxidation sites excluding steroid dienone is 1. The third-order valence-corrected chi connectivity index (χ3v) is 6.15. The highest BCUT2D eigenvalue weighted by molar-refractivity contribution is 7.22. The van der Waals surface area contributed by atoms with Gasteiger partial charge in [0.25, 0.3) is 0 Å². The van der Waals surface area contributed by atoms with Gasteiger partial charge < -0.3 is 4.42 Å². The Bertz CT molecular complexity index is 1370. The van der Waals surface area contributed by atoms with E-state index >= 15 is 0 Å². The average molecular weight is 395 g/mol. The second-order valence-electron chi connectivity index (χ2n) is 6.89. The van der Waals surface area contributed by atoms with Crippen molar-refractivity contribution in [2.45, 2.75) is 6.92 Å². The minimum absolute atomic E-state index is 0.0687. The van der Waals surface area contributed by atoms with Gasteiger partial charge in [0, 0.05) is 28.1 Å². The number of aryl methyl sites for hydroxylation is 1. The molecule has 5 heteroatoms. The molecule has 0 fully saturated rings. The highest BCUT2D eigenvalue weighted by Crippen LogP contribution is 2.37. The van der Waals surface area contributed by atoms with E-state index < -0.39 is 0 Å². The third kappa shape index (κ3) is 2.74. The lowest BCUT2D eigenvalue weighted by atomic mass is 10.0. The summed E-state index contributed by atoms with van der Waals surface area (Å²) >= 11 is 1.60. The van der Waals surface area contributed by atoms with Crippen molar-refractivity contribution in [2.24, 2.45) is 0 Å². The molecule has 0 saturated carbocycles. The molecule has 29 heavy (non-hydrogen) atoms. The summed E-state index contributed by atoms with van der Waals surface area (Å²) < 4.78 is 6.83. The third-order valence-electron chi connectivity index (χ3n) is 5.03. The van der Waals surface area contributed by atoms with E-state index in [1.807, 2.05) is 42.5 Å². The minimum atomic E-state index is -0.369. The maximum atomic E-state index is 12.7. The molecule has 0 spiro atoms. The molecule has 0 unspecified atom stereocenters. The predicted molar refractivity (Wildman–Crippen MR) is 112 cm³/mol. The molecule has 1 aliphatic rings. The zero-order chi connectivity index (χ0) is 20.1. The van der Waals surface area contributed by atoms with Crippen molar-refractivity contribution < 1.29 is 14.0 Å². The quantitative estimate of drug-likeness (QED) is 0.317. The standard InChI is InChI=1S/C24H13NO3S/c1-13-7-17-18(8-15(13)12-25)24(27)19(23(17)26)9-16-10-22-20(28-16)11-21(29-22)14-5-3-2-4-6-14/h2-11H,1H3/b19-9+. The van der Waals surface area contributed by atoms with Crippen LogP contribution in [0.3, 0.4) is 0 Å². The van der Waals surface area contributed by atoms with Crippen molar-refractivity contribution in [2.75, 3.05) is 0 Å². The number of ketones is 2. The number of Topliss-reactive ketones (excluding diaryl/α,β-unsaturated/α-hetero) is 2. The summed E-state index contributed by atoms with van der Waals surface area (Å²) in [5.41, 5.74) is 3.61. The Hall–Kier alpha value is -3.75. The molecule has 0 N–H and O–H groups in total. The van der Waals surface area contributed by atoms with Gasteiger partial charge in [-0.3, -0.25) is 9.59 Å². The predicted octanol–water partition coefficient (Wildman–Crippen LogP) is 5.80. The second kappa shape index (κ2) is 6.40. The van der Waals surface area contributed by atoms with Crippen molar-refractivity contribution in [1.29, 1.82) is 5.26 Å². The molecule has 1 aliphatic carbocycles. The summed E-state index contributed by atoms with van der Waals surface area (Å²) in [6.45, 7) is 1.75. The van der Waals surface area contributed by atoms with Crippen LogP contribution in [-0.4, -0.2) is 11.6 Å². The Kier molecular flexibility index (Phi) is 3.83. The minimum Gasteiger partial charge on any atom is -0.456 e. The first kappa shape index (κ1) is 17.4. The number of hydrogen-bond acceptors (Lipinski definition) is 5. The highest BCUT2D eigenvalue weighted by Gasteiger charge is 2.34. The van der Waals surface area contributed by atoms with Gasteiger partial charge in [-0.2, -0.15) is 5.26 Å². The number of fused-ring (bicyclic) bond motifs is 2. The number of benzene rings is 2. The van der Waals surface area contributed by atoms with Gasteiger partial charge in [-0.15, -0.1) is 11.3 Å². The molecular formula is C24H13NO3S. The number of nitriles is 1. The summed E-state index contributed by atoms with van der Waals surface area (Å²) in [5, 5.41) is 9.19. The van der Waals surface area contributed by atoms with Gasteiger partial charge in [0.2, 0.25) is 0 Å². The van der Waals surface area contributed by atoms with Crippen LogP contribution >= 0.6 is 11.3 Å². The van der Waals surface area contributed by atoms with E-state index in [0.29, 0.717) is 22.5 Å². The maximum Gasteiger partial charge on any atom is 0.197 e. The number of carbonyl (C=O) groups is 2. The van der Waals surface area contributed by atoms with E-state index in [1.54, 1.807) is 24.3 Å². The number of thiophene rings is 1. The zero-order valence-corrected chi connectivity index (χ0v) is 16.2. The largest absolute Gasteiger partial charge is 0.456 e. The summed E-state index contributed by atoms with van der Waals surface area (Å²) in [6, 6.07) is 19.0. The first-order valence-corrected chi connectivity index (χ1v) is 9.81. The molecule has 0 atom stereocenters. The molecule has 138 valence electrons. The lowest BCUT2D eigenvalue weighted by Gasteiger charge is -2.00. The monoisotopic (exact) mass is 395 g/mol. The van der Waals surface area contributed by atoms with Crippen molar-refractivity contribution >= 4 is 39.3 Å². The fourth-order valence-corrected chi connectivity index (χ4v) is 4.57. The number of carbonyl (C=O) groups excluding carboxylic acids is 2. The van der Waals surface area contributed by atoms with E-state index in [1.165, 1.54) is 12.1 Å². The van der Waals surface area contributed by atoms with Gasteiger partial charge in [-0.25, -0.2) is 0 Å². The Morgan fingerprint density at radius 1 is 1.00 bits per heavy atom. The van der Waals surface area contributed by atoms with Gasteiger partial charge in [0.05, 0.1) is 21.9 Å². The van der Waals surface area contributed by atoms with E-state index in [4.69, 9.17) is 4.42 Å². The fraction of sp³-hybridized carbons (Fsp3) is 0.0417. The van der Waals surface area contributed by atoms with Crippen LogP contribution in [0.4, 0.5) is 0 Å². The van der Waals surface area contributed by atoms with Crippen LogP contribution in [0.5, 0.6) is 0 Å². The van der Waals surface area contributed by atoms with E-state index in [0.717, 1.165) is 20.7 Å². The molecule has 0 radical (unpaired) electrons. The van der Waals surface area contributed by atoms with Gasteiger partial charge >= 0.3 is 0 Å². The van der Waals surface area contributed by atoms with Gasteiger partial charge in [0.1, 0.15) is 11.3 Å². The SMILES string of the molecule is Cc1cc2c(cc1C#N)C(=O)/C(=C/c1cc3sc(-c4ccccc4)cc3o1)C2=O. The Morgan fingerprint density at radius 2 is 1.72 bits per heavy atom. The zero-order valence-electron chi connectivity index (χ0n) is 15.4. The summed E-state index contributed by atoms with van der Waals surface area (Å²) in [7, 11) is 0. The van der Waals surface area contributed by atoms with Gasteiger partial charge in [-0.1, -0.05) is 30.3 Å². The molecule has 2 aromatic heterocycles. The summed E-state index contributed by atoms with van der Waals surface area (Å²) in [4.78, 5) is 26.6. The smallest absolute Gasteiger partial charge is 0.197 e. The summed E-state index contributed by atoms with van der Waals surface area (Å²) in [5.74, 6) is -0.235. The Morgan fingerprint density at radius 3 is 2.41 bits per heavy atom. The molecule has 2 aromatic carbocycles. The molecule has 0 bridgehead atoms. The van der Waals surface area contributed by atoms with Gasteiger partial charge in [0.15, 0.2) is 11.6 Å². The van der Waals surface area contributed by atoms with E-state index in [-0.39, 0.29) is 22.7 Å². The Balaban J connectivity index is 1.53. The van der Waals surface area contributed by atoms with Gasteiger partial charge in [-0.05, 0) is 36.3 Å². The maximum absolute atomic E-state index is 12.7. The molecular weight excluding hydrogens is 382 g/mol. The van der Waals surface area contributed by atoms with E-state index in [2.05, 4.69) is 6.07 Å². The number of hydrogen-bond donors (Lipinski definition) is 0. The fourth-order valence-electron chi connectivity index (χ4n) is 3.54. The first-order valence-electron chi connectivity index (χ1n) is 9.00. The lowest BCUT2D eigenvalue weighted by molar-refractivity contribution is 0.0990. The molecule has 0 aliphatic heterocycles. The van der Waals surface area contributed by atoms with Crippen LogP contribution in [-0.2, 0) is 0 Å². The van der Waals surface area contributed by atoms with Crippen LogP contribution < -0.4 is 0 Å². The molecule has 0 amide bonds. The first-order chi connectivity index (χ1) is 14.0. The number of furan rings is 1. The molecule has 0 saturated heterocycles. The van der Waals surface area contributed by atoms with Crippen molar-refractivity contribution in [3.8, 4) is 16.5 Å². The summed E-state index contributed by atoms with van der Waals surface area (Å²) in [6.07, 6.45) is 1.50. The molecule has 4 aromatic rings. The lowest BCUT2D eigenvalue weighted by Crippen LogP contribution is -1.99. The molecule has 4 nitrogen and oxygen atoms in total.